The molecule has 0 aliphatic carbocycles. The lowest BCUT2D eigenvalue weighted by Gasteiger charge is -2.08. The van der Waals surface area contributed by atoms with Gasteiger partial charge in [-0.25, -0.2) is 18.2 Å². The van der Waals surface area contributed by atoms with Gasteiger partial charge < -0.3 is 9.72 Å². The molecule has 4 aromatic rings. The third kappa shape index (κ3) is 2.99. The standard InChI is InChI=1S/C20H21N5O4S/c1-24-16-8-6-13(11-17(16)25(2)20(24)26)30(27,28)23-12-5-7-14-15(10-12)22-19(21-14)18-4-3-9-29-18/h5-8,10-11,18,23H,3-4,9H2,1-2H3,(H,21,22). The van der Waals surface area contributed by atoms with E-state index in [9.17, 15) is 13.2 Å². The van der Waals surface area contributed by atoms with Crippen molar-refractivity contribution in [3.05, 3.63) is 52.7 Å². The Bertz CT molecular complexity index is 1440. The lowest BCUT2D eigenvalue weighted by atomic mass is 10.2. The van der Waals surface area contributed by atoms with Gasteiger partial charge in [0.1, 0.15) is 11.9 Å². The van der Waals surface area contributed by atoms with Crippen molar-refractivity contribution in [2.45, 2.75) is 23.8 Å². The summed E-state index contributed by atoms with van der Waals surface area (Å²) in [5.74, 6) is 0.762. The molecule has 0 saturated carbocycles. The molecule has 1 aliphatic rings. The Morgan fingerprint density at radius 1 is 1.13 bits per heavy atom. The SMILES string of the molecule is Cn1c(=O)n(C)c2cc(S(=O)(=O)Nc3ccc4nc(C5CCCO5)[nH]c4c3)ccc21. The summed E-state index contributed by atoms with van der Waals surface area (Å²) in [7, 11) is -0.565. The zero-order valence-electron chi connectivity index (χ0n) is 16.5. The van der Waals surface area contributed by atoms with Crippen molar-refractivity contribution in [3.8, 4) is 0 Å². The summed E-state index contributed by atoms with van der Waals surface area (Å²) in [6.07, 6.45) is 1.88. The first-order valence-electron chi connectivity index (χ1n) is 9.63. The molecule has 1 saturated heterocycles. The van der Waals surface area contributed by atoms with E-state index >= 15 is 0 Å². The maximum Gasteiger partial charge on any atom is 0.328 e. The molecule has 9 nitrogen and oxygen atoms in total. The molecule has 2 aromatic heterocycles. The number of aromatic nitrogens is 4. The van der Waals surface area contributed by atoms with Gasteiger partial charge in [0.2, 0.25) is 0 Å². The number of fused-ring (bicyclic) bond motifs is 2. The van der Waals surface area contributed by atoms with Crippen LogP contribution in [0.15, 0.2) is 46.1 Å². The van der Waals surface area contributed by atoms with Gasteiger partial charge in [-0.15, -0.1) is 0 Å². The van der Waals surface area contributed by atoms with E-state index in [1.807, 2.05) is 0 Å². The second-order valence-corrected chi connectivity index (χ2v) is 9.19. The molecule has 2 aromatic carbocycles. The van der Waals surface area contributed by atoms with E-state index in [0.29, 0.717) is 16.7 Å². The van der Waals surface area contributed by atoms with Gasteiger partial charge in [-0.3, -0.25) is 13.9 Å². The monoisotopic (exact) mass is 427 g/mol. The summed E-state index contributed by atoms with van der Waals surface area (Å²) in [6.45, 7) is 0.726. The van der Waals surface area contributed by atoms with Crippen LogP contribution in [0.3, 0.4) is 0 Å². The van der Waals surface area contributed by atoms with Gasteiger partial charge in [0.05, 0.1) is 32.6 Å². The molecule has 2 N–H and O–H groups in total. The third-order valence-corrected chi connectivity index (χ3v) is 6.92. The van der Waals surface area contributed by atoms with Crippen molar-refractivity contribution in [2.75, 3.05) is 11.3 Å². The quantitative estimate of drug-likeness (QED) is 0.520. The van der Waals surface area contributed by atoms with Crippen molar-refractivity contribution in [1.29, 1.82) is 0 Å². The summed E-state index contributed by atoms with van der Waals surface area (Å²) in [4.78, 5) is 20.0. The summed E-state index contributed by atoms with van der Waals surface area (Å²) in [5, 5.41) is 0. The number of aryl methyl sites for hydroxylation is 2. The van der Waals surface area contributed by atoms with Gasteiger partial charge in [0, 0.05) is 20.7 Å². The van der Waals surface area contributed by atoms with Crippen LogP contribution in [0.25, 0.3) is 22.1 Å². The molecule has 0 spiro atoms. The number of sulfonamides is 1. The number of rotatable bonds is 4. The molecule has 1 fully saturated rings. The molecular formula is C20H21N5O4S. The highest BCUT2D eigenvalue weighted by molar-refractivity contribution is 7.92. The number of anilines is 1. The first-order chi connectivity index (χ1) is 14.3. The molecule has 1 atom stereocenters. The number of H-pyrrole nitrogens is 1. The van der Waals surface area contributed by atoms with Crippen LogP contribution < -0.4 is 10.4 Å². The maximum absolute atomic E-state index is 12.9. The Balaban J connectivity index is 1.48. The van der Waals surface area contributed by atoms with E-state index in [0.717, 1.165) is 36.3 Å². The van der Waals surface area contributed by atoms with E-state index in [4.69, 9.17) is 4.74 Å². The van der Waals surface area contributed by atoms with Crippen LogP contribution in [-0.4, -0.2) is 34.1 Å². The highest BCUT2D eigenvalue weighted by Gasteiger charge is 2.22. The van der Waals surface area contributed by atoms with Crippen molar-refractivity contribution >= 4 is 37.8 Å². The van der Waals surface area contributed by atoms with Gasteiger partial charge >= 0.3 is 5.69 Å². The Morgan fingerprint density at radius 3 is 2.70 bits per heavy atom. The van der Waals surface area contributed by atoms with Crippen molar-refractivity contribution in [2.24, 2.45) is 14.1 Å². The van der Waals surface area contributed by atoms with Gasteiger partial charge in [0.15, 0.2) is 0 Å². The zero-order chi connectivity index (χ0) is 21.0. The van der Waals surface area contributed by atoms with Crippen molar-refractivity contribution in [3.63, 3.8) is 0 Å². The first-order valence-corrected chi connectivity index (χ1v) is 11.1. The summed E-state index contributed by atoms with van der Waals surface area (Å²) < 4.78 is 37.1. The smallest absolute Gasteiger partial charge is 0.328 e. The lowest BCUT2D eigenvalue weighted by Crippen LogP contribution is -2.19. The number of hydrogen-bond acceptors (Lipinski definition) is 5. The summed E-state index contributed by atoms with van der Waals surface area (Å²) in [5.41, 5.74) is 2.93. The van der Waals surface area contributed by atoms with E-state index in [-0.39, 0.29) is 16.7 Å². The first kappa shape index (κ1) is 18.9. The predicted octanol–water partition coefficient (Wildman–Crippen LogP) is 2.41. The van der Waals surface area contributed by atoms with Crippen LogP contribution in [0.1, 0.15) is 24.8 Å². The van der Waals surface area contributed by atoms with Crippen LogP contribution in [0, 0.1) is 0 Å². The summed E-state index contributed by atoms with van der Waals surface area (Å²) >= 11 is 0. The number of ether oxygens (including phenoxy) is 1. The van der Waals surface area contributed by atoms with E-state index in [1.165, 1.54) is 21.3 Å². The number of hydrogen-bond donors (Lipinski definition) is 2. The zero-order valence-corrected chi connectivity index (χ0v) is 17.4. The van der Waals surface area contributed by atoms with Gasteiger partial charge in [0.25, 0.3) is 10.0 Å². The largest absolute Gasteiger partial charge is 0.370 e. The summed E-state index contributed by atoms with van der Waals surface area (Å²) in [6, 6.07) is 9.80. The minimum Gasteiger partial charge on any atom is -0.370 e. The highest BCUT2D eigenvalue weighted by Crippen LogP contribution is 2.29. The number of aromatic amines is 1. The molecule has 1 aliphatic heterocycles. The molecule has 156 valence electrons. The Kier molecular flexibility index (Phi) is 4.23. The Hall–Kier alpha value is -3.11. The molecule has 0 bridgehead atoms. The highest BCUT2D eigenvalue weighted by atomic mass is 32.2. The molecule has 0 radical (unpaired) electrons. The predicted molar refractivity (Wildman–Crippen MR) is 113 cm³/mol. The van der Waals surface area contributed by atoms with Crippen molar-refractivity contribution in [1.82, 2.24) is 19.1 Å². The van der Waals surface area contributed by atoms with Gasteiger partial charge in [-0.1, -0.05) is 0 Å². The minimum atomic E-state index is -3.84. The van der Waals surface area contributed by atoms with Gasteiger partial charge in [-0.2, -0.15) is 0 Å². The number of nitrogens with zero attached hydrogens (tertiary/aromatic N) is 3. The molecule has 30 heavy (non-hydrogen) atoms. The topological polar surface area (TPSA) is 111 Å². The fraction of sp³-hybridized carbons (Fsp3) is 0.300. The fourth-order valence-electron chi connectivity index (χ4n) is 3.91. The van der Waals surface area contributed by atoms with Crippen LogP contribution in [0.2, 0.25) is 0 Å². The fourth-order valence-corrected chi connectivity index (χ4v) is 4.98. The molecule has 0 amide bonds. The van der Waals surface area contributed by atoms with E-state index in [1.54, 1.807) is 38.4 Å². The maximum atomic E-state index is 12.9. The number of nitrogens with one attached hydrogen (secondary N) is 2. The number of benzene rings is 2. The normalized spacial score (nSPS) is 17.2. The lowest BCUT2D eigenvalue weighted by molar-refractivity contribution is 0.106. The minimum absolute atomic E-state index is 0.0400. The van der Waals surface area contributed by atoms with Crippen LogP contribution in [0.5, 0.6) is 0 Å². The van der Waals surface area contributed by atoms with Crippen molar-refractivity contribution < 1.29 is 13.2 Å². The van der Waals surface area contributed by atoms with Gasteiger partial charge in [-0.05, 0) is 49.2 Å². The van der Waals surface area contributed by atoms with E-state index < -0.39 is 10.0 Å². The van der Waals surface area contributed by atoms with Crippen LogP contribution >= 0.6 is 0 Å². The van der Waals surface area contributed by atoms with E-state index in [2.05, 4.69) is 14.7 Å². The second kappa shape index (κ2) is 6.71. The Morgan fingerprint density at radius 2 is 1.93 bits per heavy atom. The third-order valence-electron chi connectivity index (χ3n) is 5.54. The average Bonchev–Trinajstić information content (AvgIpc) is 3.44. The molecule has 10 heteroatoms. The van der Waals surface area contributed by atoms with Crippen LogP contribution in [-0.2, 0) is 28.9 Å². The molecule has 5 rings (SSSR count). The molecular weight excluding hydrogens is 406 g/mol. The molecule has 1 unspecified atom stereocenters. The number of imidazole rings is 2. The van der Waals surface area contributed by atoms with Crippen LogP contribution in [0.4, 0.5) is 5.69 Å². The Labute approximate surface area is 172 Å². The second-order valence-electron chi connectivity index (χ2n) is 7.51. The average molecular weight is 427 g/mol. The molecule has 3 heterocycles.